The average Bonchev–Trinajstić information content (AvgIpc) is 2.72. The SMILES string of the molecule is C=CNC(=C)/N=C\N(C)C(C)Nc1ncccc1C(=O)N[C@@H](C)c1ccc(F)cc1. The van der Waals surface area contributed by atoms with Crippen molar-refractivity contribution in [1.29, 1.82) is 0 Å². The normalized spacial score (nSPS) is 12.7. The van der Waals surface area contributed by atoms with Gasteiger partial charge in [-0.05, 0) is 49.9 Å². The number of carbonyl (C=O) groups excluding carboxylic acids is 1. The van der Waals surface area contributed by atoms with Crippen molar-refractivity contribution in [2.45, 2.75) is 26.1 Å². The molecule has 0 radical (unpaired) electrons. The summed E-state index contributed by atoms with van der Waals surface area (Å²) in [4.78, 5) is 23.1. The lowest BCUT2D eigenvalue weighted by Crippen LogP contribution is -2.36. The number of hydrogen-bond acceptors (Lipinski definition) is 5. The number of hydrogen-bond donors (Lipinski definition) is 3. The van der Waals surface area contributed by atoms with Crippen molar-refractivity contribution in [2.24, 2.45) is 4.99 Å². The Bertz CT molecular complexity index is 912. The van der Waals surface area contributed by atoms with Gasteiger partial charge in [0, 0.05) is 13.2 Å². The Labute approximate surface area is 176 Å². The number of aliphatic imine (C=N–C) groups is 1. The van der Waals surface area contributed by atoms with E-state index in [0.29, 0.717) is 17.2 Å². The van der Waals surface area contributed by atoms with E-state index in [4.69, 9.17) is 0 Å². The highest BCUT2D eigenvalue weighted by atomic mass is 19.1. The van der Waals surface area contributed by atoms with Crippen LogP contribution >= 0.6 is 0 Å². The molecule has 158 valence electrons. The highest BCUT2D eigenvalue weighted by molar-refractivity contribution is 5.99. The molecule has 3 N–H and O–H groups in total. The molecule has 2 rings (SSSR count). The predicted molar refractivity (Wildman–Crippen MR) is 118 cm³/mol. The molecule has 1 aromatic heterocycles. The standard InChI is InChI=1S/C22H27FN6O/c1-6-24-16(3)26-14-29(5)17(4)28-21-20(8-7-13-25-21)22(30)27-15(2)18-9-11-19(23)12-10-18/h6-15,17,24H,1,3H2,2,4-5H3,(H,25,28)(H,27,30)/b26-14-/t15-,17?/m0/s1. The molecular formula is C22H27FN6O. The summed E-state index contributed by atoms with van der Waals surface area (Å²) < 4.78 is 13.1. The number of carbonyl (C=O) groups is 1. The summed E-state index contributed by atoms with van der Waals surface area (Å²) in [5.74, 6) is 0.296. The van der Waals surface area contributed by atoms with Gasteiger partial charge in [0.25, 0.3) is 5.91 Å². The zero-order valence-electron chi connectivity index (χ0n) is 17.4. The fourth-order valence-electron chi connectivity index (χ4n) is 2.53. The van der Waals surface area contributed by atoms with Gasteiger partial charge in [-0.15, -0.1) is 0 Å². The van der Waals surface area contributed by atoms with E-state index in [1.54, 1.807) is 36.8 Å². The zero-order valence-corrected chi connectivity index (χ0v) is 17.4. The van der Waals surface area contributed by atoms with Crippen LogP contribution in [0.2, 0.25) is 0 Å². The number of rotatable bonds is 10. The minimum Gasteiger partial charge on any atom is -0.350 e. The Kier molecular flexibility index (Phi) is 8.10. The number of anilines is 1. The molecule has 0 saturated carbocycles. The van der Waals surface area contributed by atoms with Gasteiger partial charge in [-0.25, -0.2) is 14.4 Å². The van der Waals surface area contributed by atoms with E-state index < -0.39 is 0 Å². The van der Waals surface area contributed by atoms with Gasteiger partial charge < -0.3 is 20.9 Å². The third-order valence-electron chi connectivity index (χ3n) is 4.39. The Morgan fingerprint density at radius 3 is 2.63 bits per heavy atom. The summed E-state index contributed by atoms with van der Waals surface area (Å²) in [6, 6.07) is 9.13. The molecule has 1 unspecified atom stereocenters. The fourth-order valence-corrected chi connectivity index (χ4v) is 2.53. The third kappa shape index (κ3) is 6.44. The van der Waals surface area contributed by atoms with Crippen LogP contribution in [0.3, 0.4) is 0 Å². The van der Waals surface area contributed by atoms with Gasteiger partial charge >= 0.3 is 0 Å². The number of aromatic nitrogens is 1. The summed E-state index contributed by atoms with van der Waals surface area (Å²) in [5, 5.41) is 8.92. The minimum absolute atomic E-state index is 0.207. The van der Waals surface area contributed by atoms with Crippen LogP contribution in [0.1, 0.15) is 35.8 Å². The molecule has 0 saturated heterocycles. The lowest BCUT2D eigenvalue weighted by atomic mass is 10.1. The lowest BCUT2D eigenvalue weighted by molar-refractivity contribution is 0.0940. The third-order valence-corrected chi connectivity index (χ3v) is 4.39. The van der Waals surface area contributed by atoms with E-state index in [1.165, 1.54) is 18.3 Å². The molecule has 1 heterocycles. The molecule has 1 aromatic carbocycles. The molecule has 0 aliphatic heterocycles. The van der Waals surface area contributed by atoms with Crippen molar-refractivity contribution in [2.75, 3.05) is 12.4 Å². The van der Waals surface area contributed by atoms with E-state index >= 15 is 0 Å². The molecule has 2 atom stereocenters. The van der Waals surface area contributed by atoms with Crippen molar-refractivity contribution in [3.63, 3.8) is 0 Å². The topological polar surface area (TPSA) is 81.7 Å². The summed E-state index contributed by atoms with van der Waals surface area (Å²) in [6.45, 7) is 11.0. The van der Waals surface area contributed by atoms with Gasteiger partial charge in [0.05, 0.1) is 24.1 Å². The van der Waals surface area contributed by atoms with Gasteiger partial charge in [-0.1, -0.05) is 25.3 Å². The van der Waals surface area contributed by atoms with E-state index in [-0.39, 0.29) is 23.9 Å². The van der Waals surface area contributed by atoms with Crippen LogP contribution in [0, 0.1) is 5.82 Å². The molecule has 0 bridgehead atoms. The quantitative estimate of drug-likeness (QED) is 0.317. The van der Waals surface area contributed by atoms with E-state index in [1.807, 2.05) is 25.8 Å². The number of nitrogens with one attached hydrogen (secondary N) is 3. The maximum atomic E-state index is 13.1. The second-order valence-corrected chi connectivity index (χ2v) is 6.67. The predicted octanol–water partition coefficient (Wildman–Crippen LogP) is 3.63. The zero-order chi connectivity index (χ0) is 22.1. The highest BCUT2D eigenvalue weighted by Gasteiger charge is 2.17. The second kappa shape index (κ2) is 10.8. The van der Waals surface area contributed by atoms with Crippen molar-refractivity contribution in [3.05, 3.63) is 84.7 Å². The van der Waals surface area contributed by atoms with E-state index in [9.17, 15) is 9.18 Å². The Morgan fingerprint density at radius 2 is 1.97 bits per heavy atom. The van der Waals surface area contributed by atoms with Crippen LogP contribution in [0.25, 0.3) is 0 Å². The smallest absolute Gasteiger partial charge is 0.255 e. The first-order valence-corrected chi connectivity index (χ1v) is 9.42. The van der Waals surface area contributed by atoms with Gasteiger partial charge in [-0.2, -0.15) is 0 Å². The first kappa shape index (κ1) is 22.6. The van der Waals surface area contributed by atoms with Gasteiger partial charge in [0.15, 0.2) is 0 Å². The van der Waals surface area contributed by atoms with E-state index in [2.05, 4.69) is 39.1 Å². The summed E-state index contributed by atoms with van der Waals surface area (Å²) in [5.41, 5.74) is 1.21. The molecule has 30 heavy (non-hydrogen) atoms. The number of amides is 1. The van der Waals surface area contributed by atoms with E-state index in [0.717, 1.165) is 5.56 Å². The van der Waals surface area contributed by atoms with Crippen LogP contribution in [0.15, 0.2) is 72.8 Å². The van der Waals surface area contributed by atoms with Crippen molar-refractivity contribution in [3.8, 4) is 0 Å². The van der Waals surface area contributed by atoms with Crippen molar-refractivity contribution >= 4 is 18.1 Å². The van der Waals surface area contributed by atoms with Gasteiger partial charge in [0.1, 0.15) is 17.5 Å². The van der Waals surface area contributed by atoms with Crippen LogP contribution < -0.4 is 16.0 Å². The van der Waals surface area contributed by atoms with Crippen LogP contribution in [-0.4, -0.2) is 35.3 Å². The summed E-state index contributed by atoms with van der Waals surface area (Å²) in [7, 11) is 1.83. The first-order chi connectivity index (χ1) is 14.3. The largest absolute Gasteiger partial charge is 0.350 e. The van der Waals surface area contributed by atoms with Gasteiger partial charge in [0.2, 0.25) is 0 Å². The Hall–Kier alpha value is -3.68. The molecule has 1 amide bonds. The van der Waals surface area contributed by atoms with Crippen molar-refractivity contribution < 1.29 is 9.18 Å². The maximum Gasteiger partial charge on any atom is 0.255 e. The molecule has 8 heteroatoms. The fraction of sp³-hybridized carbons (Fsp3) is 0.227. The molecule has 2 aromatic rings. The molecule has 0 fully saturated rings. The van der Waals surface area contributed by atoms with Crippen LogP contribution in [0.4, 0.5) is 10.2 Å². The number of halogens is 1. The van der Waals surface area contributed by atoms with Gasteiger partial charge in [-0.3, -0.25) is 4.79 Å². The average molecular weight is 410 g/mol. The van der Waals surface area contributed by atoms with Crippen LogP contribution in [0.5, 0.6) is 0 Å². The lowest BCUT2D eigenvalue weighted by Gasteiger charge is -2.25. The Balaban J connectivity index is 2.07. The summed E-state index contributed by atoms with van der Waals surface area (Å²) >= 11 is 0. The molecule has 0 aliphatic rings. The number of pyridine rings is 1. The molecule has 0 spiro atoms. The number of benzene rings is 1. The Morgan fingerprint density at radius 1 is 1.27 bits per heavy atom. The molecule has 0 aliphatic carbocycles. The number of nitrogens with zero attached hydrogens (tertiary/aromatic N) is 3. The maximum absolute atomic E-state index is 13.1. The first-order valence-electron chi connectivity index (χ1n) is 9.42. The highest BCUT2D eigenvalue weighted by Crippen LogP contribution is 2.17. The van der Waals surface area contributed by atoms with Crippen LogP contribution in [-0.2, 0) is 0 Å². The van der Waals surface area contributed by atoms with Crippen molar-refractivity contribution in [1.82, 2.24) is 20.5 Å². The molecule has 7 nitrogen and oxygen atoms in total. The second-order valence-electron chi connectivity index (χ2n) is 6.67. The summed E-state index contributed by atoms with van der Waals surface area (Å²) in [6.07, 6.45) is 4.50. The monoisotopic (exact) mass is 410 g/mol. The minimum atomic E-state index is -0.318. The molecular weight excluding hydrogens is 383 g/mol.